The summed E-state index contributed by atoms with van der Waals surface area (Å²) in [6, 6.07) is 10.2. The number of nitrogens with one attached hydrogen (secondary N) is 1. The summed E-state index contributed by atoms with van der Waals surface area (Å²) in [6.45, 7) is 3.91. The van der Waals surface area contributed by atoms with Gasteiger partial charge in [0.1, 0.15) is 0 Å². The molecule has 1 unspecified atom stereocenters. The minimum Gasteiger partial charge on any atom is -0.336 e. The zero-order valence-corrected chi connectivity index (χ0v) is 15.1. The van der Waals surface area contributed by atoms with Crippen molar-refractivity contribution >= 4 is 27.3 Å². The Morgan fingerprint density at radius 2 is 2.16 bits per heavy atom. The summed E-state index contributed by atoms with van der Waals surface area (Å²) in [5.74, 6) is -0.0723. The van der Waals surface area contributed by atoms with E-state index in [9.17, 15) is 4.79 Å². The van der Waals surface area contributed by atoms with E-state index in [1.54, 1.807) is 22.3 Å². The first-order chi connectivity index (χ1) is 12.1. The molecule has 3 aromatic rings. The van der Waals surface area contributed by atoms with Crippen molar-refractivity contribution < 1.29 is 4.79 Å². The van der Waals surface area contributed by atoms with Crippen LogP contribution in [-0.2, 0) is 0 Å². The van der Waals surface area contributed by atoms with Crippen molar-refractivity contribution in [2.24, 2.45) is 0 Å². The third kappa shape index (κ3) is 3.03. The van der Waals surface area contributed by atoms with Crippen molar-refractivity contribution in [2.75, 3.05) is 20.1 Å². The van der Waals surface area contributed by atoms with E-state index in [0.29, 0.717) is 5.69 Å². The number of likely N-dealkylation sites (N-methyl/N-ethyl adjacent to an activating group) is 1. The summed E-state index contributed by atoms with van der Waals surface area (Å²) >= 11 is 1.75. The summed E-state index contributed by atoms with van der Waals surface area (Å²) in [6.07, 6.45) is 0.980. The van der Waals surface area contributed by atoms with E-state index in [0.717, 1.165) is 30.8 Å². The molecular formula is C19H20N4OS. The van der Waals surface area contributed by atoms with Crippen molar-refractivity contribution in [1.29, 1.82) is 0 Å². The van der Waals surface area contributed by atoms with Crippen LogP contribution in [-0.4, -0.2) is 47.2 Å². The second-order valence-corrected chi connectivity index (χ2v) is 7.41. The van der Waals surface area contributed by atoms with Crippen LogP contribution < -0.4 is 5.32 Å². The highest BCUT2D eigenvalue weighted by Gasteiger charge is 2.25. The van der Waals surface area contributed by atoms with Crippen LogP contribution in [0.1, 0.15) is 22.5 Å². The third-order valence-electron chi connectivity index (χ3n) is 4.85. The molecule has 5 nitrogen and oxygen atoms in total. The van der Waals surface area contributed by atoms with Crippen LogP contribution in [0.2, 0.25) is 0 Å². The van der Waals surface area contributed by atoms with Gasteiger partial charge in [0.2, 0.25) is 0 Å². The molecule has 4 rings (SSSR count). The first kappa shape index (κ1) is 16.2. The lowest BCUT2D eigenvalue weighted by molar-refractivity contribution is 0.0736. The average molecular weight is 352 g/mol. The van der Waals surface area contributed by atoms with Crippen LogP contribution in [0.25, 0.3) is 21.3 Å². The second kappa shape index (κ2) is 6.54. The van der Waals surface area contributed by atoms with Crippen LogP contribution in [0.3, 0.4) is 0 Å². The number of carbonyl (C=O) groups is 1. The Morgan fingerprint density at radius 1 is 1.28 bits per heavy atom. The van der Waals surface area contributed by atoms with Crippen LogP contribution in [0.4, 0.5) is 0 Å². The molecule has 0 radical (unpaired) electrons. The molecule has 0 spiro atoms. The highest BCUT2D eigenvalue weighted by atomic mass is 32.1. The third-order valence-corrected chi connectivity index (χ3v) is 5.93. The van der Waals surface area contributed by atoms with Crippen LogP contribution in [0.15, 0.2) is 35.7 Å². The van der Waals surface area contributed by atoms with E-state index >= 15 is 0 Å². The lowest BCUT2D eigenvalue weighted by atomic mass is 10.1. The molecule has 6 heteroatoms. The van der Waals surface area contributed by atoms with Gasteiger partial charge in [0, 0.05) is 29.9 Å². The van der Waals surface area contributed by atoms with Gasteiger partial charge in [-0.25, -0.2) is 0 Å². The Hall–Kier alpha value is -2.31. The lowest BCUT2D eigenvalue weighted by Gasteiger charge is -2.23. The minimum atomic E-state index is -0.0723. The van der Waals surface area contributed by atoms with Gasteiger partial charge < -0.3 is 10.2 Å². The van der Waals surface area contributed by atoms with Crippen molar-refractivity contribution in [1.82, 2.24) is 20.4 Å². The Kier molecular flexibility index (Phi) is 4.23. The molecule has 1 amide bonds. The number of aryl methyl sites for hydroxylation is 1. The van der Waals surface area contributed by atoms with Gasteiger partial charge in [0.05, 0.1) is 5.69 Å². The second-order valence-electron chi connectivity index (χ2n) is 6.50. The molecule has 1 atom stereocenters. The van der Waals surface area contributed by atoms with Gasteiger partial charge in [-0.15, -0.1) is 21.5 Å². The predicted octanol–water partition coefficient (Wildman–Crippen LogP) is 3.10. The highest BCUT2D eigenvalue weighted by Crippen LogP contribution is 2.29. The number of aromatic nitrogens is 2. The maximum Gasteiger partial charge on any atom is 0.274 e. The van der Waals surface area contributed by atoms with E-state index in [2.05, 4.69) is 46.0 Å². The topological polar surface area (TPSA) is 58.1 Å². The Morgan fingerprint density at radius 3 is 2.88 bits per heavy atom. The zero-order valence-electron chi connectivity index (χ0n) is 14.3. The highest BCUT2D eigenvalue weighted by molar-refractivity contribution is 7.17. The zero-order chi connectivity index (χ0) is 17.4. The molecule has 0 aliphatic carbocycles. The molecule has 0 bridgehead atoms. The predicted molar refractivity (Wildman–Crippen MR) is 101 cm³/mol. The van der Waals surface area contributed by atoms with Crippen molar-refractivity contribution in [2.45, 2.75) is 19.4 Å². The Balaban J connectivity index is 1.58. The number of benzene rings is 1. The van der Waals surface area contributed by atoms with Gasteiger partial charge in [0.15, 0.2) is 5.69 Å². The van der Waals surface area contributed by atoms with Gasteiger partial charge in [0.25, 0.3) is 5.91 Å². The minimum absolute atomic E-state index is 0.0723. The van der Waals surface area contributed by atoms with E-state index in [1.165, 1.54) is 15.6 Å². The normalized spacial score (nSPS) is 17.1. The van der Waals surface area contributed by atoms with E-state index in [-0.39, 0.29) is 11.9 Å². The first-order valence-corrected chi connectivity index (χ1v) is 9.31. The van der Waals surface area contributed by atoms with Gasteiger partial charge in [-0.3, -0.25) is 4.79 Å². The summed E-state index contributed by atoms with van der Waals surface area (Å²) in [7, 11) is 1.84. The number of nitrogens with zero attached hydrogens (tertiary/aromatic N) is 3. The fourth-order valence-corrected chi connectivity index (χ4v) is 4.16. The smallest absolute Gasteiger partial charge is 0.274 e. The standard InChI is InChI=1S/C19H20N4OS/c1-12-11-25-18-6-3-13(9-15(12)18)16-4-5-17(22-21-16)19(24)23(2)14-7-8-20-10-14/h3-6,9,11,14,20H,7-8,10H2,1-2H3. The van der Waals surface area contributed by atoms with E-state index in [1.807, 2.05) is 13.1 Å². The van der Waals surface area contributed by atoms with Crippen molar-refractivity contribution in [3.8, 4) is 11.3 Å². The lowest BCUT2D eigenvalue weighted by Crippen LogP contribution is -2.38. The molecule has 3 heterocycles. The molecule has 1 fully saturated rings. The fraction of sp³-hybridized carbons (Fsp3) is 0.316. The molecule has 2 aromatic heterocycles. The summed E-state index contributed by atoms with van der Waals surface area (Å²) in [5.41, 5.74) is 3.47. The number of fused-ring (bicyclic) bond motifs is 1. The molecule has 128 valence electrons. The van der Waals surface area contributed by atoms with E-state index in [4.69, 9.17) is 0 Å². The molecule has 1 aromatic carbocycles. The number of thiophene rings is 1. The SMILES string of the molecule is Cc1csc2ccc(-c3ccc(C(=O)N(C)C4CCNC4)nn3)cc12. The van der Waals surface area contributed by atoms with Gasteiger partial charge in [-0.2, -0.15) is 0 Å². The van der Waals surface area contributed by atoms with Crippen LogP contribution >= 0.6 is 11.3 Å². The summed E-state index contributed by atoms with van der Waals surface area (Å²) < 4.78 is 1.27. The van der Waals surface area contributed by atoms with Crippen molar-refractivity contribution in [3.63, 3.8) is 0 Å². The molecule has 1 aliphatic heterocycles. The summed E-state index contributed by atoms with van der Waals surface area (Å²) in [4.78, 5) is 14.3. The van der Waals surface area contributed by atoms with Crippen LogP contribution in [0, 0.1) is 6.92 Å². The molecule has 0 saturated carbocycles. The molecule has 1 saturated heterocycles. The van der Waals surface area contributed by atoms with Crippen molar-refractivity contribution in [3.05, 3.63) is 47.0 Å². The number of amides is 1. The number of hydrogen-bond donors (Lipinski definition) is 1. The summed E-state index contributed by atoms with van der Waals surface area (Å²) in [5, 5.41) is 15.2. The monoisotopic (exact) mass is 352 g/mol. The van der Waals surface area contributed by atoms with Gasteiger partial charge >= 0.3 is 0 Å². The quantitative estimate of drug-likeness (QED) is 0.787. The Bertz CT molecular complexity index is 913. The van der Waals surface area contributed by atoms with Crippen LogP contribution in [0.5, 0.6) is 0 Å². The molecule has 1 N–H and O–H groups in total. The van der Waals surface area contributed by atoms with E-state index < -0.39 is 0 Å². The Labute approximate surface area is 150 Å². The maximum atomic E-state index is 12.6. The largest absolute Gasteiger partial charge is 0.336 e. The first-order valence-electron chi connectivity index (χ1n) is 8.43. The fourth-order valence-electron chi connectivity index (χ4n) is 3.23. The maximum absolute atomic E-state index is 12.6. The van der Waals surface area contributed by atoms with Gasteiger partial charge in [-0.1, -0.05) is 6.07 Å². The number of rotatable bonds is 3. The molecule has 25 heavy (non-hydrogen) atoms. The molecular weight excluding hydrogens is 332 g/mol. The molecule has 1 aliphatic rings. The average Bonchev–Trinajstić information content (AvgIpc) is 3.31. The van der Waals surface area contributed by atoms with Gasteiger partial charge in [-0.05, 0) is 60.5 Å². The number of carbonyl (C=O) groups excluding carboxylic acids is 1. The number of hydrogen-bond acceptors (Lipinski definition) is 5.